The Morgan fingerprint density at radius 1 is 1.00 bits per heavy atom. The van der Waals surface area contributed by atoms with Crippen LogP contribution in [-0.2, 0) is 6.54 Å². The minimum Gasteiger partial charge on any atom is -0.320 e. The molecule has 0 fully saturated rings. The van der Waals surface area contributed by atoms with Gasteiger partial charge in [-0.05, 0) is 29.8 Å². The summed E-state index contributed by atoms with van der Waals surface area (Å²) in [4.78, 5) is 41.5. The number of rotatable bonds is 5. The molecule has 2 aromatic carbocycles. The minimum atomic E-state index is -0.529. The highest BCUT2D eigenvalue weighted by Gasteiger charge is 2.20. The number of nitro benzene ring substituents is 1. The van der Waals surface area contributed by atoms with E-state index in [-0.39, 0.29) is 22.6 Å². The van der Waals surface area contributed by atoms with Crippen molar-refractivity contribution in [2.75, 3.05) is 5.32 Å². The van der Waals surface area contributed by atoms with E-state index < -0.39 is 10.8 Å². The Morgan fingerprint density at radius 3 is 2.58 bits per heavy atom. The molecular formula is C24H17N5O4. The van der Waals surface area contributed by atoms with Crippen LogP contribution in [-0.4, -0.2) is 24.8 Å². The average Bonchev–Trinajstić information content (AvgIpc) is 3.18. The average molecular weight is 439 g/mol. The van der Waals surface area contributed by atoms with Crippen LogP contribution in [0.4, 0.5) is 11.4 Å². The number of nitrogens with zero attached hydrogens (tertiary/aromatic N) is 4. The molecule has 9 nitrogen and oxygen atoms in total. The quantitative estimate of drug-likeness (QED) is 0.330. The lowest BCUT2D eigenvalue weighted by atomic mass is 10.2. The van der Waals surface area contributed by atoms with Gasteiger partial charge in [-0.2, -0.15) is 0 Å². The molecule has 5 aromatic rings. The van der Waals surface area contributed by atoms with Crippen molar-refractivity contribution < 1.29 is 9.72 Å². The number of anilines is 1. The van der Waals surface area contributed by atoms with Gasteiger partial charge in [0, 0.05) is 30.6 Å². The van der Waals surface area contributed by atoms with E-state index in [1.165, 1.54) is 28.7 Å². The van der Waals surface area contributed by atoms with Gasteiger partial charge in [0.2, 0.25) is 0 Å². The van der Waals surface area contributed by atoms with E-state index in [0.29, 0.717) is 23.2 Å². The molecule has 0 saturated heterocycles. The SMILES string of the molecule is O=C(Nc1cccc([N+](=O)[O-])c1)c1cc2c(=O)n3ccccc3nc2n1Cc1ccccc1. The molecule has 0 aliphatic carbocycles. The fourth-order valence-corrected chi connectivity index (χ4v) is 3.76. The number of amides is 1. The lowest BCUT2D eigenvalue weighted by Crippen LogP contribution is -2.18. The van der Waals surface area contributed by atoms with Crippen LogP contribution in [0.15, 0.2) is 89.9 Å². The molecule has 0 saturated carbocycles. The van der Waals surface area contributed by atoms with E-state index in [1.807, 2.05) is 30.3 Å². The predicted octanol–water partition coefficient (Wildman–Crippen LogP) is 3.86. The summed E-state index contributed by atoms with van der Waals surface area (Å²) in [6.07, 6.45) is 1.63. The molecule has 33 heavy (non-hydrogen) atoms. The lowest BCUT2D eigenvalue weighted by Gasteiger charge is -2.11. The Hall–Kier alpha value is -4.79. The van der Waals surface area contributed by atoms with Gasteiger partial charge in [-0.1, -0.05) is 42.5 Å². The van der Waals surface area contributed by atoms with E-state index in [0.717, 1.165) is 5.56 Å². The molecule has 5 rings (SSSR count). The summed E-state index contributed by atoms with van der Waals surface area (Å²) in [5, 5.41) is 14.1. The standard InChI is InChI=1S/C24H17N5O4/c30-23(25-17-9-6-10-18(13-17)29(32)33)20-14-19-22(28(20)15-16-7-2-1-3-8-16)26-21-11-4-5-12-27(21)24(19)31/h1-14H,15H2,(H,25,30). The van der Waals surface area contributed by atoms with Gasteiger partial charge in [-0.25, -0.2) is 4.98 Å². The number of nitrogens with one attached hydrogen (secondary N) is 1. The molecule has 0 bridgehead atoms. The maximum atomic E-state index is 13.2. The second-order valence-corrected chi connectivity index (χ2v) is 7.45. The van der Waals surface area contributed by atoms with Gasteiger partial charge in [-0.3, -0.25) is 24.1 Å². The number of aromatic nitrogens is 3. The third kappa shape index (κ3) is 3.72. The van der Waals surface area contributed by atoms with Crippen molar-refractivity contribution in [3.8, 4) is 0 Å². The molecule has 0 aliphatic heterocycles. The summed E-state index contributed by atoms with van der Waals surface area (Å²) < 4.78 is 3.11. The summed E-state index contributed by atoms with van der Waals surface area (Å²) >= 11 is 0. The highest BCUT2D eigenvalue weighted by atomic mass is 16.6. The molecule has 1 amide bonds. The molecule has 0 aliphatic rings. The van der Waals surface area contributed by atoms with Crippen LogP contribution in [0.5, 0.6) is 0 Å². The maximum Gasteiger partial charge on any atom is 0.272 e. The van der Waals surface area contributed by atoms with E-state index in [4.69, 9.17) is 0 Å². The lowest BCUT2D eigenvalue weighted by molar-refractivity contribution is -0.384. The van der Waals surface area contributed by atoms with Crippen LogP contribution in [0.3, 0.4) is 0 Å². The summed E-state index contributed by atoms with van der Waals surface area (Å²) in [5.74, 6) is -0.502. The molecule has 0 atom stereocenters. The fraction of sp³-hybridized carbons (Fsp3) is 0.0417. The smallest absolute Gasteiger partial charge is 0.272 e. The predicted molar refractivity (Wildman–Crippen MR) is 124 cm³/mol. The first-order chi connectivity index (χ1) is 16.0. The topological polar surface area (TPSA) is 112 Å². The summed E-state index contributed by atoms with van der Waals surface area (Å²) in [7, 11) is 0. The third-order valence-electron chi connectivity index (χ3n) is 5.31. The van der Waals surface area contributed by atoms with Crippen LogP contribution < -0.4 is 10.9 Å². The number of pyridine rings is 1. The van der Waals surface area contributed by atoms with Gasteiger partial charge in [-0.15, -0.1) is 0 Å². The number of carbonyl (C=O) groups excluding carboxylic acids is 1. The Balaban J connectivity index is 1.66. The van der Waals surface area contributed by atoms with Gasteiger partial charge in [0.25, 0.3) is 17.2 Å². The third-order valence-corrected chi connectivity index (χ3v) is 5.31. The molecule has 1 N–H and O–H groups in total. The number of fused-ring (bicyclic) bond motifs is 2. The van der Waals surface area contributed by atoms with Gasteiger partial charge in [0.05, 0.1) is 10.3 Å². The van der Waals surface area contributed by atoms with Gasteiger partial charge in [0.1, 0.15) is 17.0 Å². The van der Waals surface area contributed by atoms with E-state index in [2.05, 4.69) is 10.3 Å². The largest absolute Gasteiger partial charge is 0.320 e. The van der Waals surface area contributed by atoms with Crippen molar-refractivity contribution in [2.45, 2.75) is 6.54 Å². The summed E-state index contributed by atoms with van der Waals surface area (Å²) in [6, 6.07) is 22.0. The first-order valence-corrected chi connectivity index (χ1v) is 10.1. The molecule has 3 aromatic heterocycles. The summed E-state index contributed by atoms with van der Waals surface area (Å²) in [6.45, 7) is 0.317. The van der Waals surface area contributed by atoms with Crippen molar-refractivity contribution in [3.05, 3.63) is 117 Å². The monoisotopic (exact) mass is 439 g/mol. The van der Waals surface area contributed by atoms with Gasteiger partial charge in [0.15, 0.2) is 0 Å². The molecule has 3 heterocycles. The number of non-ortho nitro benzene ring substituents is 1. The van der Waals surface area contributed by atoms with Crippen LogP contribution in [0.2, 0.25) is 0 Å². The van der Waals surface area contributed by atoms with Crippen LogP contribution in [0.1, 0.15) is 16.1 Å². The second-order valence-electron chi connectivity index (χ2n) is 7.45. The number of nitro groups is 1. The van der Waals surface area contributed by atoms with Crippen molar-refractivity contribution in [1.82, 2.24) is 14.0 Å². The zero-order valence-electron chi connectivity index (χ0n) is 17.2. The zero-order valence-corrected chi connectivity index (χ0v) is 17.2. The Labute approximate surface area is 186 Å². The van der Waals surface area contributed by atoms with Gasteiger partial charge < -0.3 is 9.88 Å². The van der Waals surface area contributed by atoms with Crippen molar-refractivity contribution in [2.24, 2.45) is 0 Å². The Bertz CT molecular complexity index is 1590. The number of carbonyl (C=O) groups is 1. The second kappa shape index (κ2) is 8.04. The van der Waals surface area contributed by atoms with E-state index in [1.54, 1.807) is 35.0 Å². The number of hydrogen-bond acceptors (Lipinski definition) is 5. The van der Waals surface area contributed by atoms with E-state index in [9.17, 15) is 19.7 Å². The van der Waals surface area contributed by atoms with Crippen molar-refractivity contribution in [1.29, 1.82) is 0 Å². The first-order valence-electron chi connectivity index (χ1n) is 10.1. The fourth-order valence-electron chi connectivity index (χ4n) is 3.76. The normalized spacial score (nSPS) is 11.0. The molecule has 0 spiro atoms. The maximum absolute atomic E-state index is 13.2. The molecule has 0 unspecified atom stereocenters. The number of hydrogen-bond donors (Lipinski definition) is 1. The first kappa shape index (κ1) is 20.1. The number of benzene rings is 2. The molecule has 9 heteroatoms. The van der Waals surface area contributed by atoms with Crippen LogP contribution >= 0.6 is 0 Å². The molecule has 0 radical (unpaired) electrons. The minimum absolute atomic E-state index is 0.135. The Morgan fingerprint density at radius 2 is 1.79 bits per heavy atom. The summed E-state index contributed by atoms with van der Waals surface area (Å²) in [5.41, 5.74) is 1.86. The van der Waals surface area contributed by atoms with Gasteiger partial charge >= 0.3 is 0 Å². The van der Waals surface area contributed by atoms with Crippen LogP contribution in [0.25, 0.3) is 16.7 Å². The molecule has 162 valence electrons. The highest BCUT2D eigenvalue weighted by Crippen LogP contribution is 2.22. The highest BCUT2D eigenvalue weighted by molar-refractivity contribution is 6.06. The Kier molecular flexibility index (Phi) is 4.91. The van der Waals surface area contributed by atoms with Crippen LogP contribution in [0, 0.1) is 10.1 Å². The van der Waals surface area contributed by atoms with Crippen molar-refractivity contribution >= 4 is 34.0 Å². The zero-order chi connectivity index (χ0) is 22.9. The van der Waals surface area contributed by atoms with E-state index >= 15 is 0 Å². The van der Waals surface area contributed by atoms with Crippen molar-refractivity contribution in [3.63, 3.8) is 0 Å². The molecular weight excluding hydrogens is 422 g/mol.